The van der Waals surface area contributed by atoms with Crippen molar-refractivity contribution in [1.82, 2.24) is 15.5 Å². The quantitative estimate of drug-likeness (QED) is 0.451. The third-order valence-corrected chi connectivity index (χ3v) is 4.26. The number of hydrogen-bond donors (Lipinski definition) is 2. The monoisotopic (exact) mass is 346 g/mol. The first-order chi connectivity index (χ1) is 11.9. The van der Waals surface area contributed by atoms with Crippen LogP contribution in [0.4, 0.5) is 10.5 Å². The van der Waals surface area contributed by atoms with Gasteiger partial charge in [0.05, 0.1) is 4.92 Å². The summed E-state index contributed by atoms with van der Waals surface area (Å²) in [5, 5.41) is 16.5. The number of amides is 2. The lowest BCUT2D eigenvalue weighted by molar-refractivity contribution is -0.384. The Bertz CT molecular complexity index is 607. The van der Waals surface area contributed by atoms with Crippen LogP contribution in [-0.4, -0.2) is 48.1 Å². The molecule has 2 N–H and O–H groups in total. The molecule has 1 aromatic carbocycles. The van der Waals surface area contributed by atoms with Crippen molar-refractivity contribution >= 4 is 11.7 Å². The molecule has 25 heavy (non-hydrogen) atoms. The zero-order valence-corrected chi connectivity index (χ0v) is 14.7. The molecule has 7 heteroatoms. The molecule has 1 heterocycles. The number of carbonyl (C=O) groups excluding carboxylic acids is 1. The van der Waals surface area contributed by atoms with Gasteiger partial charge >= 0.3 is 6.03 Å². The maximum absolute atomic E-state index is 12.0. The van der Waals surface area contributed by atoms with Gasteiger partial charge in [0.1, 0.15) is 0 Å². The summed E-state index contributed by atoms with van der Waals surface area (Å²) in [5.41, 5.74) is 2.20. The van der Waals surface area contributed by atoms with E-state index in [1.54, 1.807) is 12.1 Å². The Labute approximate surface area is 148 Å². The highest BCUT2D eigenvalue weighted by atomic mass is 16.6. The molecule has 0 radical (unpaired) electrons. The first-order valence-electron chi connectivity index (χ1n) is 8.58. The fraction of sp³-hybridized carbons (Fsp3) is 0.500. The van der Waals surface area contributed by atoms with Gasteiger partial charge in [-0.3, -0.25) is 15.0 Å². The molecule has 0 atom stereocenters. The molecule has 136 valence electrons. The Morgan fingerprint density at radius 2 is 1.96 bits per heavy atom. The molecule has 1 aliphatic heterocycles. The molecule has 0 aliphatic carbocycles. The molecule has 1 saturated heterocycles. The van der Waals surface area contributed by atoms with E-state index in [4.69, 9.17) is 0 Å². The molecule has 1 fully saturated rings. The lowest BCUT2D eigenvalue weighted by Crippen LogP contribution is -2.48. The standard InChI is InChI=1S/C18H26N4O3/c1-14(2)13-21-11-8-16(9-12-21)20-18(23)19-10-7-15-3-5-17(6-4-15)22(24)25/h3-6,16H,1,7-13H2,2H3,(H2,19,20,23). The van der Waals surface area contributed by atoms with Crippen LogP contribution in [0, 0.1) is 10.1 Å². The fourth-order valence-corrected chi connectivity index (χ4v) is 2.96. The summed E-state index contributed by atoms with van der Waals surface area (Å²) in [6.45, 7) is 9.33. The number of nitro benzene ring substituents is 1. The maximum atomic E-state index is 12.0. The second-order valence-corrected chi connectivity index (χ2v) is 6.58. The first kappa shape index (κ1) is 18.9. The lowest BCUT2D eigenvalue weighted by atomic mass is 10.0. The third kappa shape index (κ3) is 6.54. The number of nitro groups is 1. The van der Waals surface area contributed by atoms with E-state index in [0.717, 1.165) is 43.6 Å². The van der Waals surface area contributed by atoms with Crippen molar-refractivity contribution in [3.63, 3.8) is 0 Å². The minimum Gasteiger partial charge on any atom is -0.338 e. The van der Waals surface area contributed by atoms with E-state index in [1.807, 2.05) is 6.92 Å². The Morgan fingerprint density at radius 1 is 1.32 bits per heavy atom. The van der Waals surface area contributed by atoms with Crippen LogP contribution < -0.4 is 10.6 Å². The summed E-state index contributed by atoms with van der Waals surface area (Å²) in [5.74, 6) is 0. The Balaban J connectivity index is 1.64. The number of likely N-dealkylation sites (tertiary alicyclic amines) is 1. The number of carbonyl (C=O) groups is 1. The molecular weight excluding hydrogens is 320 g/mol. The number of rotatable bonds is 7. The summed E-state index contributed by atoms with van der Waals surface area (Å²) >= 11 is 0. The molecule has 1 aromatic rings. The van der Waals surface area contributed by atoms with E-state index < -0.39 is 4.92 Å². The number of benzene rings is 1. The molecule has 2 rings (SSSR count). The Morgan fingerprint density at radius 3 is 2.52 bits per heavy atom. The predicted molar refractivity (Wildman–Crippen MR) is 97.6 cm³/mol. The minimum atomic E-state index is -0.420. The zero-order valence-electron chi connectivity index (χ0n) is 14.7. The highest BCUT2D eigenvalue weighted by Crippen LogP contribution is 2.12. The Hall–Kier alpha value is -2.41. The molecule has 0 spiro atoms. The number of non-ortho nitro benzene ring substituents is 1. The summed E-state index contributed by atoms with van der Waals surface area (Å²) in [6.07, 6.45) is 2.54. The molecule has 0 bridgehead atoms. The fourth-order valence-electron chi connectivity index (χ4n) is 2.96. The van der Waals surface area contributed by atoms with E-state index in [9.17, 15) is 14.9 Å². The number of hydrogen-bond acceptors (Lipinski definition) is 4. The highest BCUT2D eigenvalue weighted by Gasteiger charge is 2.20. The van der Waals surface area contributed by atoms with Gasteiger partial charge < -0.3 is 10.6 Å². The summed E-state index contributed by atoms with van der Waals surface area (Å²) < 4.78 is 0. The van der Waals surface area contributed by atoms with Crippen molar-refractivity contribution in [3.8, 4) is 0 Å². The predicted octanol–water partition coefficient (Wildman–Crippen LogP) is 2.48. The number of nitrogens with zero attached hydrogens (tertiary/aromatic N) is 2. The van der Waals surface area contributed by atoms with Crippen molar-refractivity contribution < 1.29 is 9.72 Å². The maximum Gasteiger partial charge on any atom is 0.315 e. The van der Waals surface area contributed by atoms with E-state index in [2.05, 4.69) is 22.1 Å². The van der Waals surface area contributed by atoms with Crippen LogP contribution in [0.1, 0.15) is 25.3 Å². The van der Waals surface area contributed by atoms with Crippen LogP contribution >= 0.6 is 0 Å². The average molecular weight is 346 g/mol. The van der Waals surface area contributed by atoms with Crippen molar-refractivity contribution in [2.75, 3.05) is 26.2 Å². The van der Waals surface area contributed by atoms with Gasteiger partial charge in [0.25, 0.3) is 5.69 Å². The zero-order chi connectivity index (χ0) is 18.2. The molecule has 1 aliphatic rings. The van der Waals surface area contributed by atoms with Gasteiger partial charge in [0.2, 0.25) is 0 Å². The first-order valence-corrected chi connectivity index (χ1v) is 8.58. The van der Waals surface area contributed by atoms with Gasteiger partial charge in [0.15, 0.2) is 0 Å². The van der Waals surface area contributed by atoms with E-state index in [-0.39, 0.29) is 17.8 Å². The van der Waals surface area contributed by atoms with Crippen molar-refractivity contribution in [2.24, 2.45) is 0 Å². The highest BCUT2D eigenvalue weighted by molar-refractivity contribution is 5.74. The van der Waals surface area contributed by atoms with Crippen molar-refractivity contribution in [1.29, 1.82) is 0 Å². The van der Waals surface area contributed by atoms with Crippen LogP contribution in [-0.2, 0) is 6.42 Å². The van der Waals surface area contributed by atoms with Gasteiger partial charge in [-0.2, -0.15) is 0 Å². The minimum absolute atomic E-state index is 0.0763. The second kappa shape index (κ2) is 9.17. The van der Waals surface area contributed by atoms with Gasteiger partial charge in [-0.25, -0.2) is 4.79 Å². The second-order valence-electron chi connectivity index (χ2n) is 6.58. The molecule has 2 amide bonds. The lowest BCUT2D eigenvalue weighted by Gasteiger charge is -2.32. The van der Waals surface area contributed by atoms with Gasteiger partial charge in [-0.15, -0.1) is 0 Å². The molecule has 7 nitrogen and oxygen atoms in total. The summed E-state index contributed by atoms with van der Waals surface area (Å²) in [6, 6.07) is 6.45. The van der Waals surface area contributed by atoms with Crippen molar-refractivity contribution in [3.05, 3.63) is 52.1 Å². The van der Waals surface area contributed by atoms with Crippen molar-refractivity contribution in [2.45, 2.75) is 32.2 Å². The van der Waals surface area contributed by atoms with Gasteiger partial charge in [-0.1, -0.05) is 24.3 Å². The van der Waals surface area contributed by atoms with Crippen LogP contribution in [0.15, 0.2) is 36.4 Å². The van der Waals surface area contributed by atoms with E-state index in [0.29, 0.717) is 13.0 Å². The third-order valence-electron chi connectivity index (χ3n) is 4.26. The van der Waals surface area contributed by atoms with E-state index in [1.165, 1.54) is 12.1 Å². The average Bonchev–Trinajstić information content (AvgIpc) is 2.56. The summed E-state index contributed by atoms with van der Waals surface area (Å²) in [7, 11) is 0. The number of nitrogens with one attached hydrogen (secondary N) is 2. The topological polar surface area (TPSA) is 87.5 Å². The Kier molecular flexibility index (Phi) is 6.94. The molecule has 0 aromatic heterocycles. The van der Waals surface area contributed by atoms with Crippen LogP contribution in [0.25, 0.3) is 0 Å². The normalized spacial score (nSPS) is 15.6. The summed E-state index contributed by atoms with van der Waals surface area (Å²) in [4.78, 5) is 24.5. The SMILES string of the molecule is C=C(C)CN1CCC(NC(=O)NCCc2ccc([N+](=O)[O-])cc2)CC1. The van der Waals surface area contributed by atoms with Gasteiger partial charge in [0, 0.05) is 44.4 Å². The van der Waals surface area contributed by atoms with Gasteiger partial charge in [-0.05, 0) is 31.7 Å². The number of urea groups is 1. The van der Waals surface area contributed by atoms with Crippen LogP contribution in [0.2, 0.25) is 0 Å². The molecule has 0 unspecified atom stereocenters. The van der Waals surface area contributed by atoms with Crippen LogP contribution in [0.5, 0.6) is 0 Å². The molecular formula is C18H26N4O3. The van der Waals surface area contributed by atoms with Crippen LogP contribution in [0.3, 0.4) is 0 Å². The largest absolute Gasteiger partial charge is 0.338 e. The van der Waals surface area contributed by atoms with E-state index >= 15 is 0 Å². The molecule has 0 saturated carbocycles. The smallest absolute Gasteiger partial charge is 0.315 e. The number of piperidine rings is 1.